The number of fused-ring (bicyclic) bond motifs is 4. The number of nitrogens with zero attached hydrogens (tertiary/aromatic N) is 1. The van der Waals surface area contributed by atoms with Gasteiger partial charge in [0.15, 0.2) is 0 Å². The molecule has 0 aliphatic rings. The highest BCUT2D eigenvalue weighted by Gasteiger charge is 2.08. The van der Waals surface area contributed by atoms with Crippen LogP contribution < -0.4 is 5.56 Å². The molecule has 2 aromatic heterocycles. The van der Waals surface area contributed by atoms with Crippen LogP contribution in [0.2, 0.25) is 0 Å². The van der Waals surface area contributed by atoms with E-state index in [0.29, 0.717) is 0 Å². The second-order valence-corrected chi connectivity index (χ2v) is 5.34. The Labute approximate surface area is 107 Å². The minimum absolute atomic E-state index is 0.0700. The van der Waals surface area contributed by atoms with E-state index >= 15 is 0 Å². The second kappa shape index (κ2) is 3.43. The number of aromatic nitrogens is 1. The Morgan fingerprint density at radius 2 is 1.72 bits per heavy atom. The van der Waals surface area contributed by atoms with Crippen LogP contribution >= 0.6 is 11.3 Å². The molecule has 0 spiro atoms. The average Bonchev–Trinajstić information content (AvgIpc) is 2.77. The van der Waals surface area contributed by atoms with Crippen molar-refractivity contribution in [2.75, 3.05) is 0 Å². The Kier molecular flexibility index (Phi) is 1.88. The van der Waals surface area contributed by atoms with Gasteiger partial charge in [-0.25, -0.2) is 0 Å². The second-order valence-electron chi connectivity index (χ2n) is 4.28. The van der Waals surface area contributed by atoms with E-state index in [1.54, 1.807) is 11.3 Å². The lowest BCUT2D eigenvalue weighted by molar-refractivity contribution is 1.22. The van der Waals surface area contributed by atoms with E-state index in [0.717, 1.165) is 25.8 Å². The molecule has 2 aromatic carbocycles. The van der Waals surface area contributed by atoms with Gasteiger partial charge in [0.25, 0.3) is 5.56 Å². The quantitative estimate of drug-likeness (QED) is 0.467. The highest BCUT2D eigenvalue weighted by Crippen LogP contribution is 2.25. The van der Waals surface area contributed by atoms with Crippen LogP contribution in [0.25, 0.3) is 25.8 Å². The third kappa shape index (κ3) is 1.19. The first kappa shape index (κ1) is 9.85. The zero-order valence-electron chi connectivity index (χ0n) is 9.46. The first-order chi connectivity index (χ1) is 8.84. The van der Waals surface area contributed by atoms with E-state index in [4.69, 9.17) is 0 Å². The molecular weight excluding hydrogens is 242 g/mol. The van der Waals surface area contributed by atoms with Gasteiger partial charge in [-0.15, -0.1) is 11.3 Å². The normalized spacial score (nSPS) is 11.6. The van der Waals surface area contributed by atoms with Gasteiger partial charge in [0.05, 0.1) is 10.9 Å². The molecule has 0 saturated heterocycles. The molecule has 3 heteroatoms. The van der Waals surface area contributed by atoms with Gasteiger partial charge in [-0.05, 0) is 24.3 Å². The zero-order valence-corrected chi connectivity index (χ0v) is 10.3. The van der Waals surface area contributed by atoms with Gasteiger partial charge in [-0.3, -0.25) is 9.20 Å². The van der Waals surface area contributed by atoms with Gasteiger partial charge >= 0.3 is 0 Å². The van der Waals surface area contributed by atoms with Gasteiger partial charge in [0, 0.05) is 10.1 Å². The van der Waals surface area contributed by atoms with Crippen LogP contribution in [0.3, 0.4) is 0 Å². The summed E-state index contributed by atoms with van der Waals surface area (Å²) < 4.78 is 2.85. The van der Waals surface area contributed by atoms with Crippen LogP contribution in [0.15, 0.2) is 59.4 Å². The van der Waals surface area contributed by atoms with Crippen molar-refractivity contribution in [3.8, 4) is 0 Å². The highest BCUT2D eigenvalue weighted by molar-refractivity contribution is 7.23. The summed E-state index contributed by atoms with van der Waals surface area (Å²) in [6, 6.07) is 17.8. The van der Waals surface area contributed by atoms with Gasteiger partial charge in [0.1, 0.15) is 4.83 Å². The predicted octanol–water partition coefficient (Wildman–Crippen LogP) is 3.67. The van der Waals surface area contributed by atoms with Crippen molar-refractivity contribution in [1.82, 2.24) is 4.40 Å². The number of para-hydroxylation sites is 1. The molecule has 0 saturated carbocycles. The molecule has 0 aliphatic heterocycles. The van der Waals surface area contributed by atoms with E-state index in [2.05, 4.69) is 6.07 Å². The summed E-state index contributed by atoms with van der Waals surface area (Å²) in [5.41, 5.74) is 1.06. The van der Waals surface area contributed by atoms with Gasteiger partial charge in [-0.2, -0.15) is 0 Å². The summed E-state index contributed by atoms with van der Waals surface area (Å²) in [6.45, 7) is 0. The van der Waals surface area contributed by atoms with Crippen LogP contribution in [0, 0.1) is 0 Å². The molecule has 86 valence electrons. The summed E-state index contributed by atoms with van der Waals surface area (Å²) in [6.07, 6.45) is 0. The molecule has 0 radical (unpaired) electrons. The van der Waals surface area contributed by atoms with Crippen LogP contribution in [-0.2, 0) is 0 Å². The maximum Gasteiger partial charge on any atom is 0.264 e. The lowest BCUT2D eigenvalue weighted by atomic mass is 10.2. The molecular formula is C15H9NOS. The number of hydrogen-bond acceptors (Lipinski definition) is 2. The van der Waals surface area contributed by atoms with Crippen molar-refractivity contribution in [2.24, 2.45) is 0 Å². The third-order valence-corrected chi connectivity index (χ3v) is 4.30. The smallest absolute Gasteiger partial charge is 0.264 e. The molecule has 2 heterocycles. The van der Waals surface area contributed by atoms with E-state index < -0.39 is 0 Å². The molecule has 2 nitrogen and oxygen atoms in total. The maximum atomic E-state index is 12.5. The van der Waals surface area contributed by atoms with Gasteiger partial charge < -0.3 is 0 Å². The van der Waals surface area contributed by atoms with Crippen molar-refractivity contribution >= 4 is 37.2 Å². The standard InChI is InChI=1S/C15H9NOS/c17-15-11-6-2-4-8-13(11)18-14-9-10-5-1-3-7-12(10)16(14)15/h1-9H. The monoisotopic (exact) mass is 251 g/mol. The fraction of sp³-hybridized carbons (Fsp3) is 0. The molecule has 0 amide bonds. The Morgan fingerprint density at radius 1 is 0.944 bits per heavy atom. The van der Waals surface area contributed by atoms with E-state index in [1.165, 1.54) is 0 Å². The summed E-state index contributed by atoms with van der Waals surface area (Å²) in [5.74, 6) is 0. The largest absolute Gasteiger partial charge is 0.268 e. The Morgan fingerprint density at radius 3 is 2.67 bits per heavy atom. The summed E-state index contributed by atoms with van der Waals surface area (Å²) in [5, 5.41) is 1.90. The molecule has 0 atom stereocenters. The summed E-state index contributed by atoms with van der Waals surface area (Å²) in [4.78, 5) is 13.5. The lowest BCUT2D eigenvalue weighted by Gasteiger charge is -1.99. The van der Waals surface area contributed by atoms with Crippen molar-refractivity contribution in [3.63, 3.8) is 0 Å². The van der Waals surface area contributed by atoms with Crippen molar-refractivity contribution in [2.45, 2.75) is 0 Å². The first-order valence-electron chi connectivity index (χ1n) is 5.77. The molecule has 0 N–H and O–H groups in total. The molecule has 0 bridgehead atoms. The molecule has 4 aromatic rings. The third-order valence-electron chi connectivity index (χ3n) is 3.21. The van der Waals surface area contributed by atoms with Crippen LogP contribution in [0.5, 0.6) is 0 Å². The summed E-state index contributed by atoms with van der Waals surface area (Å²) in [7, 11) is 0. The van der Waals surface area contributed by atoms with Crippen molar-refractivity contribution in [1.29, 1.82) is 0 Å². The zero-order chi connectivity index (χ0) is 12.1. The van der Waals surface area contributed by atoms with E-state index in [-0.39, 0.29) is 5.56 Å². The number of hydrogen-bond donors (Lipinski definition) is 0. The fourth-order valence-electron chi connectivity index (χ4n) is 2.38. The first-order valence-corrected chi connectivity index (χ1v) is 6.58. The molecule has 0 unspecified atom stereocenters. The highest BCUT2D eigenvalue weighted by atomic mass is 32.1. The fourth-order valence-corrected chi connectivity index (χ4v) is 3.48. The van der Waals surface area contributed by atoms with Crippen LogP contribution in [-0.4, -0.2) is 4.40 Å². The Balaban J connectivity index is 2.39. The van der Waals surface area contributed by atoms with Crippen molar-refractivity contribution < 1.29 is 0 Å². The lowest BCUT2D eigenvalue weighted by Crippen LogP contribution is -2.10. The Hall–Kier alpha value is -2.13. The molecule has 0 aliphatic carbocycles. The molecule has 0 fully saturated rings. The van der Waals surface area contributed by atoms with Gasteiger partial charge in [0.2, 0.25) is 0 Å². The SMILES string of the molecule is O=c1c2ccccc2sc2cc3ccccc3n12. The maximum absolute atomic E-state index is 12.5. The summed E-state index contributed by atoms with van der Waals surface area (Å²) >= 11 is 1.65. The molecule has 4 rings (SSSR count). The topological polar surface area (TPSA) is 21.5 Å². The number of rotatable bonds is 0. The van der Waals surface area contributed by atoms with Crippen LogP contribution in [0.4, 0.5) is 0 Å². The van der Waals surface area contributed by atoms with Crippen LogP contribution in [0.1, 0.15) is 0 Å². The predicted molar refractivity (Wildman–Crippen MR) is 76.6 cm³/mol. The van der Waals surface area contributed by atoms with E-state index in [9.17, 15) is 4.79 Å². The minimum Gasteiger partial charge on any atom is -0.268 e. The van der Waals surface area contributed by atoms with E-state index in [1.807, 2.05) is 52.9 Å². The Bertz CT molecular complexity index is 949. The minimum atomic E-state index is 0.0700. The molecule has 18 heavy (non-hydrogen) atoms. The van der Waals surface area contributed by atoms with Crippen molar-refractivity contribution in [3.05, 3.63) is 65.0 Å². The van der Waals surface area contributed by atoms with Gasteiger partial charge in [-0.1, -0.05) is 30.3 Å². The number of benzene rings is 2. The average molecular weight is 251 g/mol.